The van der Waals surface area contributed by atoms with Crippen LogP contribution in [0.1, 0.15) is 12.0 Å². The Bertz CT molecular complexity index is 368. The zero-order valence-corrected chi connectivity index (χ0v) is 10.8. The second kappa shape index (κ2) is 6.40. The van der Waals surface area contributed by atoms with E-state index < -0.39 is 11.7 Å². The molecule has 0 heterocycles. The Kier molecular flexibility index (Phi) is 5.46. The first kappa shape index (κ1) is 14.5. The van der Waals surface area contributed by atoms with Gasteiger partial charge in [-0.2, -0.15) is 24.9 Å². The minimum Gasteiger partial charge on any atom is -0.384 e. The van der Waals surface area contributed by atoms with Gasteiger partial charge in [0.2, 0.25) is 0 Å². The highest BCUT2D eigenvalue weighted by atomic mass is 35.5. The van der Waals surface area contributed by atoms with E-state index in [0.29, 0.717) is 17.3 Å². The normalized spacial score (nSPS) is 11.6. The van der Waals surface area contributed by atoms with E-state index >= 15 is 0 Å². The summed E-state index contributed by atoms with van der Waals surface area (Å²) in [5, 5.41) is 3.22. The lowest BCUT2D eigenvalue weighted by Gasteiger charge is -2.12. The molecule has 0 atom stereocenters. The van der Waals surface area contributed by atoms with E-state index in [-0.39, 0.29) is 0 Å². The van der Waals surface area contributed by atoms with Gasteiger partial charge in [0.1, 0.15) is 0 Å². The Labute approximate surface area is 108 Å². The van der Waals surface area contributed by atoms with Crippen LogP contribution in [0.2, 0.25) is 5.02 Å². The second-order valence-electron chi connectivity index (χ2n) is 3.47. The predicted octanol–water partition coefficient (Wildman–Crippen LogP) is 4.52. The van der Waals surface area contributed by atoms with E-state index in [1.807, 2.05) is 6.26 Å². The zero-order chi connectivity index (χ0) is 12.9. The minimum absolute atomic E-state index is 0.308. The molecule has 0 fully saturated rings. The summed E-state index contributed by atoms with van der Waals surface area (Å²) in [4.78, 5) is 0. The number of rotatable bonds is 5. The monoisotopic (exact) mass is 283 g/mol. The van der Waals surface area contributed by atoms with Crippen LogP contribution in [0.5, 0.6) is 0 Å². The number of thioether (sulfide) groups is 1. The third-order valence-electron chi connectivity index (χ3n) is 2.13. The third kappa shape index (κ3) is 4.68. The standard InChI is InChI=1S/C11H13ClF3NS/c1-17-6-2-5-16-10-7-8(11(13,14)15)3-4-9(10)12/h3-4,7,16H,2,5-6H2,1H3. The summed E-state index contributed by atoms with van der Waals surface area (Å²) in [5.41, 5.74) is -0.350. The smallest absolute Gasteiger partial charge is 0.384 e. The fraction of sp³-hybridized carbons (Fsp3) is 0.455. The molecule has 1 nitrogen and oxygen atoms in total. The average molecular weight is 284 g/mol. The number of hydrogen-bond acceptors (Lipinski definition) is 2. The van der Waals surface area contributed by atoms with Crippen molar-refractivity contribution in [2.75, 3.05) is 23.9 Å². The quantitative estimate of drug-likeness (QED) is 0.797. The highest BCUT2D eigenvalue weighted by molar-refractivity contribution is 7.98. The van der Waals surface area contributed by atoms with Crippen LogP contribution in [0.3, 0.4) is 0 Å². The van der Waals surface area contributed by atoms with E-state index in [1.165, 1.54) is 6.07 Å². The van der Waals surface area contributed by atoms with E-state index in [0.717, 1.165) is 24.3 Å². The van der Waals surface area contributed by atoms with Gasteiger partial charge in [0.15, 0.2) is 0 Å². The van der Waals surface area contributed by atoms with Crippen molar-refractivity contribution in [1.29, 1.82) is 0 Å². The van der Waals surface area contributed by atoms with Gasteiger partial charge in [-0.15, -0.1) is 0 Å². The highest BCUT2D eigenvalue weighted by Crippen LogP contribution is 2.33. The van der Waals surface area contributed by atoms with E-state index in [2.05, 4.69) is 5.32 Å². The van der Waals surface area contributed by atoms with Gasteiger partial charge >= 0.3 is 6.18 Å². The summed E-state index contributed by atoms with van der Waals surface area (Å²) in [6, 6.07) is 3.29. The molecule has 0 bridgehead atoms. The van der Waals surface area contributed by atoms with Crippen LogP contribution in [-0.4, -0.2) is 18.6 Å². The molecule has 0 radical (unpaired) electrons. The first-order valence-corrected chi connectivity index (χ1v) is 6.82. The molecule has 1 rings (SSSR count). The van der Waals surface area contributed by atoms with Crippen molar-refractivity contribution in [2.24, 2.45) is 0 Å². The van der Waals surface area contributed by atoms with Gasteiger partial charge in [0.05, 0.1) is 16.3 Å². The zero-order valence-electron chi connectivity index (χ0n) is 9.27. The second-order valence-corrected chi connectivity index (χ2v) is 4.86. The van der Waals surface area contributed by atoms with Gasteiger partial charge in [0, 0.05) is 6.54 Å². The molecule has 0 aliphatic carbocycles. The van der Waals surface area contributed by atoms with Gasteiger partial charge in [0.25, 0.3) is 0 Å². The molecule has 0 unspecified atom stereocenters. The Morgan fingerprint density at radius 1 is 1.35 bits per heavy atom. The van der Waals surface area contributed by atoms with Crippen molar-refractivity contribution in [1.82, 2.24) is 0 Å². The van der Waals surface area contributed by atoms with Crippen molar-refractivity contribution in [3.8, 4) is 0 Å². The largest absolute Gasteiger partial charge is 0.416 e. The van der Waals surface area contributed by atoms with E-state index in [9.17, 15) is 13.2 Å². The molecular formula is C11H13ClF3NS. The molecule has 96 valence electrons. The molecule has 0 saturated carbocycles. The van der Waals surface area contributed by atoms with Gasteiger partial charge < -0.3 is 5.32 Å². The topological polar surface area (TPSA) is 12.0 Å². The van der Waals surface area contributed by atoms with E-state index in [1.54, 1.807) is 11.8 Å². The molecular weight excluding hydrogens is 271 g/mol. The number of halogens is 4. The lowest BCUT2D eigenvalue weighted by atomic mass is 10.2. The Balaban J connectivity index is 2.70. The van der Waals surface area contributed by atoms with Crippen molar-refractivity contribution >= 4 is 29.1 Å². The summed E-state index contributed by atoms with van der Waals surface area (Å²) < 4.78 is 37.4. The van der Waals surface area contributed by atoms with Crippen LogP contribution in [0.15, 0.2) is 18.2 Å². The van der Waals surface area contributed by atoms with Crippen LogP contribution in [-0.2, 0) is 6.18 Å². The average Bonchev–Trinajstić information content (AvgIpc) is 2.25. The molecule has 0 saturated heterocycles. The molecule has 0 aromatic heterocycles. The molecule has 0 amide bonds. The maximum Gasteiger partial charge on any atom is 0.416 e. The molecule has 1 aromatic carbocycles. The van der Waals surface area contributed by atoms with Gasteiger partial charge in [-0.3, -0.25) is 0 Å². The maximum atomic E-state index is 12.5. The van der Waals surface area contributed by atoms with Crippen molar-refractivity contribution in [3.63, 3.8) is 0 Å². The Morgan fingerprint density at radius 3 is 2.65 bits per heavy atom. The fourth-order valence-corrected chi connectivity index (χ4v) is 1.89. The summed E-state index contributed by atoms with van der Waals surface area (Å²) in [6.07, 6.45) is -1.47. The van der Waals surface area contributed by atoms with Crippen molar-refractivity contribution < 1.29 is 13.2 Å². The molecule has 6 heteroatoms. The van der Waals surface area contributed by atoms with Crippen LogP contribution in [0, 0.1) is 0 Å². The number of benzene rings is 1. The minimum atomic E-state index is -4.33. The van der Waals surface area contributed by atoms with Gasteiger partial charge in [-0.05, 0) is 36.6 Å². The molecule has 0 aliphatic rings. The van der Waals surface area contributed by atoms with Gasteiger partial charge in [-0.25, -0.2) is 0 Å². The third-order valence-corrected chi connectivity index (χ3v) is 3.16. The summed E-state index contributed by atoms with van der Waals surface area (Å²) >= 11 is 7.52. The van der Waals surface area contributed by atoms with E-state index in [4.69, 9.17) is 11.6 Å². The van der Waals surface area contributed by atoms with Crippen molar-refractivity contribution in [2.45, 2.75) is 12.6 Å². The molecule has 1 N–H and O–H groups in total. The first-order chi connectivity index (χ1) is 7.95. The lowest BCUT2D eigenvalue weighted by Crippen LogP contribution is -2.08. The summed E-state index contributed by atoms with van der Waals surface area (Å²) in [7, 11) is 0. The summed E-state index contributed by atoms with van der Waals surface area (Å²) in [5.74, 6) is 0.962. The molecule has 17 heavy (non-hydrogen) atoms. The lowest BCUT2D eigenvalue weighted by molar-refractivity contribution is -0.137. The van der Waals surface area contributed by atoms with Crippen LogP contribution in [0.25, 0.3) is 0 Å². The predicted molar refractivity (Wildman–Crippen MR) is 67.9 cm³/mol. The number of nitrogens with one attached hydrogen (secondary N) is 1. The number of hydrogen-bond donors (Lipinski definition) is 1. The van der Waals surface area contributed by atoms with Crippen LogP contribution >= 0.6 is 23.4 Å². The highest BCUT2D eigenvalue weighted by Gasteiger charge is 2.30. The Hall–Kier alpha value is -0.550. The number of anilines is 1. The van der Waals surface area contributed by atoms with Crippen LogP contribution < -0.4 is 5.32 Å². The Morgan fingerprint density at radius 2 is 2.06 bits per heavy atom. The fourth-order valence-electron chi connectivity index (χ4n) is 1.28. The molecule has 0 spiro atoms. The van der Waals surface area contributed by atoms with Gasteiger partial charge in [-0.1, -0.05) is 11.6 Å². The summed E-state index contributed by atoms with van der Waals surface area (Å²) in [6.45, 7) is 0.613. The van der Waals surface area contributed by atoms with Crippen LogP contribution in [0.4, 0.5) is 18.9 Å². The molecule has 1 aromatic rings. The maximum absolute atomic E-state index is 12.5. The number of alkyl halides is 3. The van der Waals surface area contributed by atoms with Crippen molar-refractivity contribution in [3.05, 3.63) is 28.8 Å². The SMILES string of the molecule is CSCCCNc1cc(C(F)(F)F)ccc1Cl. The first-order valence-electron chi connectivity index (χ1n) is 5.04. The molecule has 0 aliphatic heterocycles.